The van der Waals surface area contributed by atoms with Crippen molar-refractivity contribution in [3.8, 4) is 0 Å². The normalized spacial score (nSPS) is 21.9. The molecule has 5 heteroatoms. The van der Waals surface area contributed by atoms with Gasteiger partial charge in [-0.1, -0.05) is 48.5 Å². The van der Waals surface area contributed by atoms with Gasteiger partial charge in [0.15, 0.2) is 0 Å². The number of amides is 1. The first-order valence-corrected chi connectivity index (χ1v) is 11.0. The molecule has 1 atom stereocenters. The molecule has 2 heterocycles. The summed E-state index contributed by atoms with van der Waals surface area (Å²) in [5, 5.41) is 3.57. The molecule has 0 radical (unpaired) electrons. The van der Waals surface area contributed by atoms with E-state index in [1.165, 1.54) is 0 Å². The zero-order valence-electron chi connectivity index (χ0n) is 18.5. The number of anilines is 1. The minimum atomic E-state index is -0.814. The highest BCUT2D eigenvalue weighted by Gasteiger charge is 2.46. The van der Waals surface area contributed by atoms with Crippen LogP contribution in [0.5, 0.6) is 0 Å². The van der Waals surface area contributed by atoms with Gasteiger partial charge in [-0.25, -0.2) is 0 Å². The molecule has 30 heavy (non-hydrogen) atoms. The van der Waals surface area contributed by atoms with Crippen molar-refractivity contribution >= 4 is 11.6 Å². The average molecular weight is 407 g/mol. The molecule has 5 nitrogen and oxygen atoms in total. The Hall–Kier alpha value is -2.37. The van der Waals surface area contributed by atoms with E-state index < -0.39 is 5.54 Å². The molecule has 0 aliphatic carbocycles. The van der Waals surface area contributed by atoms with Gasteiger partial charge in [-0.15, -0.1) is 0 Å². The second-order valence-corrected chi connectivity index (χ2v) is 9.16. The van der Waals surface area contributed by atoms with Gasteiger partial charge >= 0.3 is 0 Å². The van der Waals surface area contributed by atoms with Gasteiger partial charge in [-0.3, -0.25) is 9.69 Å². The molecular formula is C25H34N4O. The second-order valence-electron chi connectivity index (χ2n) is 9.16. The second kappa shape index (κ2) is 8.40. The first-order valence-electron chi connectivity index (χ1n) is 11.0. The van der Waals surface area contributed by atoms with Crippen molar-refractivity contribution in [3.63, 3.8) is 0 Å². The highest BCUT2D eigenvalue weighted by molar-refractivity contribution is 5.90. The molecule has 1 unspecified atom stereocenters. The predicted octanol–water partition coefficient (Wildman–Crippen LogP) is 3.25. The number of likely N-dealkylation sites (N-methyl/N-ethyl adjacent to an activating group) is 1. The number of nitrogens with one attached hydrogen (secondary N) is 1. The van der Waals surface area contributed by atoms with Crippen LogP contribution in [0, 0.1) is 0 Å². The van der Waals surface area contributed by atoms with E-state index in [1.807, 2.05) is 55.5 Å². The molecule has 2 saturated heterocycles. The van der Waals surface area contributed by atoms with Crippen LogP contribution >= 0.6 is 0 Å². The number of carbonyl (C=O) groups excluding carboxylic acids is 1. The van der Waals surface area contributed by atoms with Crippen molar-refractivity contribution in [1.29, 1.82) is 0 Å². The summed E-state index contributed by atoms with van der Waals surface area (Å²) in [6.45, 7) is 6.69. The Morgan fingerprint density at radius 1 is 0.900 bits per heavy atom. The molecule has 1 spiro atoms. The van der Waals surface area contributed by atoms with Crippen LogP contribution in [0.15, 0.2) is 60.7 Å². The third kappa shape index (κ3) is 3.96. The fourth-order valence-electron chi connectivity index (χ4n) is 4.96. The number of benzene rings is 2. The van der Waals surface area contributed by atoms with Crippen molar-refractivity contribution in [1.82, 2.24) is 14.7 Å². The summed E-state index contributed by atoms with van der Waals surface area (Å²) < 4.78 is 0. The molecular weight excluding hydrogens is 372 g/mol. The fourth-order valence-corrected chi connectivity index (χ4v) is 4.96. The van der Waals surface area contributed by atoms with Gasteiger partial charge in [0.2, 0.25) is 0 Å². The van der Waals surface area contributed by atoms with Crippen LogP contribution in [0.3, 0.4) is 0 Å². The average Bonchev–Trinajstić information content (AvgIpc) is 2.78. The van der Waals surface area contributed by atoms with Gasteiger partial charge in [-0.05, 0) is 64.6 Å². The van der Waals surface area contributed by atoms with E-state index in [1.54, 1.807) is 0 Å². The molecule has 2 aliphatic heterocycles. The van der Waals surface area contributed by atoms with Gasteiger partial charge in [0.25, 0.3) is 5.91 Å². The molecule has 2 fully saturated rings. The number of carbonyl (C=O) groups is 1. The van der Waals surface area contributed by atoms with Crippen molar-refractivity contribution in [2.75, 3.05) is 52.1 Å². The lowest BCUT2D eigenvalue weighted by Crippen LogP contribution is -2.67. The summed E-state index contributed by atoms with van der Waals surface area (Å²) >= 11 is 0. The number of para-hydroxylation sites is 1. The zero-order valence-corrected chi connectivity index (χ0v) is 18.5. The molecule has 4 rings (SSSR count). The monoisotopic (exact) mass is 406 g/mol. The van der Waals surface area contributed by atoms with Crippen molar-refractivity contribution in [3.05, 3.63) is 66.2 Å². The lowest BCUT2D eigenvalue weighted by molar-refractivity contribution is -0.142. The van der Waals surface area contributed by atoms with Crippen LogP contribution in [0.4, 0.5) is 5.69 Å². The van der Waals surface area contributed by atoms with Crippen LogP contribution in [0.25, 0.3) is 0 Å². The highest BCUT2D eigenvalue weighted by Crippen LogP contribution is 2.34. The molecule has 2 aromatic rings. The van der Waals surface area contributed by atoms with E-state index in [-0.39, 0.29) is 11.4 Å². The van der Waals surface area contributed by atoms with Gasteiger partial charge in [0.1, 0.15) is 5.54 Å². The van der Waals surface area contributed by atoms with Crippen LogP contribution in [-0.4, -0.2) is 73.0 Å². The van der Waals surface area contributed by atoms with Crippen molar-refractivity contribution in [2.24, 2.45) is 0 Å². The van der Waals surface area contributed by atoms with Gasteiger partial charge < -0.3 is 15.1 Å². The Morgan fingerprint density at radius 2 is 1.50 bits per heavy atom. The van der Waals surface area contributed by atoms with Crippen molar-refractivity contribution in [2.45, 2.75) is 30.8 Å². The molecule has 1 amide bonds. The third-order valence-corrected chi connectivity index (χ3v) is 7.15. The largest absolute Gasteiger partial charge is 0.368 e. The Balaban J connectivity index is 1.63. The van der Waals surface area contributed by atoms with E-state index in [0.29, 0.717) is 0 Å². The molecule has 1 N–H and O–H groups in total. The molecule has 0 aromatic heterocycles. The Kier molecular flexibility index (Phi) is 5.85. The van der Waals surface area contributed by atoms with Crippen LogP contribution in [0.2, 0.25) is 0 Å². The number of rotatable bonds is 4. The Bertz CT molecular complexity index is 848. The topological polar surface area (TPSA) is 38.8 Å². The van der Waals surface area contributed by atoms with E-state index in [9.17, 15) is 4.79 Å². The number of likely N-dealkylation sites (tertiary alicyclic amines) is 1. The predicted molar refractivity (Wildman–Crippen MR) is 123 cm³/mol. The first kappa shape index (κ1) is 20.9. The summed E-state index contributed by atoms with van der Waals surface area (Å²) in [5.74, 6) is 0.156. The van der Waals surface area contributed by atoms with Gasteiger partial charge in [0.05, 0.1) is 0 Å². The van der Waals surface area contributed by atoms with Crippen LogP contribution in [0.1, 0.15) is 25.3 Å². The molecule has 2 aliphatic rings. The summed E-state index contributed by atoms with van der Waals surface area (Å²) in [6, 6.07) is 20.2. The first-order chi connectivity index (χ1) is 14.4. The van der Waals surface area contributed by atoms with Crippen LogP contribution < -0.4 is 5.32 Å². The maximum Gasteiger partial charge on any atom is 0.252 e. The van der Waals surface area contributed by atoms with Gasteiger partial charge in [0, 0.05) is 30.9 Å². The smallest absolute Gasteiger partial charge is 0.252 e. The summed E-state index contributed by atoms with van der Waals surface area (Å²) in [5.41, 5.74) is 1.23. The lowest BCUT2D eigenvalue weighted by atomic mass is 9.82. The number of nitrogens with zero attached hydrogens (tertiary/aromatic N) is 3. The number of piperazine rings is 1. The van der Waals surface area contributed by atoms with E-state index in [4.69, 9.17) is 0 Å². The maximum atomic E-state index is 14.1. The summed E-state index contributed by atoms with van der Waals surface area (Å²) in [4.78, 5) is 21.0. The minimum absolute atomic E-state index is 0.0881. The highest BCUT2D eigenvalue weighted by atomic mass is 16.2. The standard InChI is InChI=1S/C25H34N4O/c1-24(21-10-6-4-7-11-21,26-22-12-8-5-9-13-22)23(30)29-19-18-28(3)25(20-29)14-16-27(2)17-15-25/h4-13,26H,14-20H2,1-3H3. The summed E-state index contributed by atoms with van der Waals surface area (Å²) in [6.07, 6.45) is 2.22. The SMILES string of the molecule is CN1CCC2(CC1)CN(C(=O)C(C)(Nc1ccccc1)c1ccccc1)CCN2C. The molecule has 160 valence electrons. The zero-order chi connectivity index (χ0) is 21.2. The summed E-state index contributed by atoms with van der Waals surface area (Å²) in [7, 11) is 4.42. The van der Waals surface area contributed by atoms with Crippen molar-refractivity contribution < 1.29 is 4.79 Å². The molecule has 0 bridgehead atoms. The quantitative estimate of drug-likeness (QED) is 0.846. The van der Waals surface area contributed by atoms with Crippen LogP contribution in [-0.2, 0) is 10.3 Å². The lowest BCUT2D eigenvalue weighted by Gasteiger charge is -2.53. The number of piperidine rings is 1. The van der Waals surface area contributed by atoms with E-state index in [0.717, 1.165) is 56.8 Å². The molecule has 0 saturated carbocycles. The third-order valence-electron chi connectivity index (χ3n) is 7.15. The van der Waals surface area contributed by atoms with E-state index in [2.05, 4.69) is 46.2 Å². The fraction of sp³-hybridized carbons (Fsp3) is 0.480. The van der Waals surface area contributed by atoms with Gasteiger partial charge in [-0.2, -0.15) is 0 Å². The van der Waals surface area contributed by atoms with E-state index >= 15 is 0 Å². The molecule has 2 aromatic carbocycles. The minimum Gasteiger partial charge on any atom is -0.368 e. The number of hydrogen-bond acceptors (Lipinski definition) is 4. The number of hydrogen-bond donors (Lipinski definition) is 1. The Morgan fingerprint density at radius 3 is 2.13 bits per heavy atom. The Labute approximate surface area is 180 Å². The maximum absolute atomic E-state index is 14.1.